The van der Waals surface area contributed by atoms with E-state index in [1.165, 1.54) is 6.07 Å². The predicted molar refractivity (Wildman–Crippen MR) is 74.5 cm³/mol. The van der Waals surface area contributed by atoms with Gasteiger partial charge in [-0.1, -0.05) is 31.2 Å². The average Bonchev–Trinajstić information content (AvgIpc) is 2.45. The van der Waals surface area contributed by atoms with E-state index in [1.54, 1.807) is 0 Å². The number of hydrogen-bond donors (Lipinski definition) is 1. The van der Waals surface area contributed by atoms with Gasteiger partial charge in [0.25, 0.3) is 0 Å². The molecule has 0 heterocycles. The Labute approximate surface area is 120 Å². The molecule has 0 amide bonds. The number of para-hydroxylation sites is 1. The number of hydrogen-bond acceptors (Lipinski definition) is 1. The van der Waals surface area contributed by atoms with E-state index < -0.39 is 17.6 Å². The van der Waals surface area contributed by atoms with Crippen LogP contribution in [0.5, 0.6) is 0 Å². The summed E-state index contributed by atoms with van der Waals surface area (Å²) in [5, 5.41) is 3.09. The van der Waals surface area contributed by atoms with Crippen molar-refractivity contribution in [2.75, 3.05) is 5.32 Å². The molecule has 21 heavy (non-hydrogen) atoms. The first kappa shape index (κ1) is 15.4. The number of alkyl halides is 3. The third-order valence-electron chi connectivity index (χ3n) is 3.22. The van der Waals surface area contributed by atoms with Crippen LogP contribution in [0.4, 0.5) is 23.2 Å². The Balaban J connectivity index is 2.17. The summed E-state index contributed by atoms with van der Waals surface area (Å²) < 4.78 is 51.2. The van der Waals surface area contributed by atoms with Gasteiger partial charge in [-0.15, -0.1) is 0 Å². The maximum absolute atomic E-state index is 13.2. The van der Waals surface area contributed by atoms with Crippen LogP contribution in [0.1, 0.15) is 23.6 Å². The standard InChI is InChI=1S/C16H15F4N/c1-2-12-5-3-4-6-15(12)21-10-11-7-8-14(17)13(9-11)16(18,19)20/h3-9,21H,2,10H2,1H3. The maximum atomic E-state index is 13.2. The second-order valence-corrected chi connectivity index (χ2v) is 4.68. The molecule has 0 spiro atoms. The molecular weight excluding hydrogens is 282 g/mol. The van der Waals surface area contributed by atoms with E-state index >= 15 is 0 Å². The molecule has 1 N–H and O–H groups in total. The van der Waals surface area contributed by atoms with Gasteiger partial charge in [0.1, 0.15) is 5.82 Å². The van der Waals surface area contributed by atoms with Crippen LogP contribution in [0.15, 0.2) is 42.5 Å². The highest BCUT2D eigenvalue weighted by Gasteiger charge is 2.34. The van der Waals surface area contributed by atoms with Gasteiger partial charge in [0.2, 0.25) is 0 Å². The van der Waals surface area contributed by atoms with E-state index in [9.17, 15) is 17.6 Å². The lowest BCUT2D eigenvalue weighted by molar-refractivity contribution is -0.140. The van der Waals surface area contributed by atoms with E-state index in [1.807, 2.05) is 31.2 Å². The smallest absolute Gasteiger partial charge is 0.381 e. The SMILES string of the molecule is CCc1ccccc1NCc1ccc(F)c(C(F)(F)F)c1. The molecule has 0 bridgehead atoms. The Hall–Kier alpha value is -2.04. The zero-order chi connectivity index (χ0) is 15.5. The summed E-state index contributed by atoms with van der Waals surface area (Å²) in [7, 11) is 0. The Morgan fingerprint density at radius 1 is 1.05 bits per heavy atom. The van der Waals surface area contributed by atoms with Crippen LogP contribution < -0.4 is 5.32 Å². The Kier molecular flexibility index (Phi) is 4.50. The Bertz CT molecular complexity index is 620. The minimum absolute atomic E-state index is 0.209. The summed E-state index contributed by atoms with van der Waals surface area (Å²) in [6, 6.07) is 10.6. The molecule has 0 atom stereocenters. The van der Waals surface area contributed by atoms with Crippen molar-refractivity contribution in [1.82, 2.24) is 0 Å². The van der Waals surface area contributed by atoms with Gasteiger partial charge >= 0.3 is 6.18 Å². The van der Waals surface area contributed by atoms with Gasteiger partial charge in [-0.25, -0.2) is 4.39 Å². The van der Waals surface area contributed by atoms with Crippen molar-refractivity contribution >= 4 is 5.69 Å². The number of benzene rings is 2. The maximum Gasteiger partial charge on any atom is 0.419 e. The molecule has 112 valence electrons. The van der Waals surface area contributed by atoms with Crippen LogP contribution in [0.25, 0.3) is 0 Å². The van der Waals surface area contributed by atoms with Gasteiger partial charge < -0.3 is 5.32 Å². The minimum Gasteiger partial charge on any atom is -0.381 e. The molecule has 5 heteroatoms. The second kappa shape index (κ2) is 6.16. The van der Waals surface area contributed by atoms with Crippen LogP contribution in [0.3, 0.4) is 0 Å². The molecule has 0 unspecified atom stereocenters. The molecule has 0 aliphatic rings. The average molecular weight is 297 g/mol. The largest absolute Gasteiger partial charge is 0.419 e. The van der Waals surface area contributed by atoms with Crippen molar-refractivity contribution in [3.63, 3.8) is 0 Å². The molecule has 2 aromatic rings. The van der Waals surface area contributed by atoms with Crippen molar-refractivity contribution in [3.8, 4) is 0 Å². The fourth-order valence-corrected chi connectivity index (χ4v) is 2.10. The van der Waals surface area contributed by atoms with E-state index in [0.29, 0.717) is 5.56 Å². The first-order valence-corrected chi connectivity index (χ1v) is 6.59. The highest BCUT2D eigenvalue weighted by atomic mass is 19.4. The van der Waals surface area contributed by atoms with Crippen LogP contribution in [0.2, 0.25) is 0 Å². The van der Waals surface area contributed by atoms with Gasteiger partial charge in [0.05, 0.1) is 5.56 Å². The molecule has 0 saturated heterocycles. The molecule has 0 radical (unpaired) electrons. The number of rotatable bonds is 4. The predicted octanol–water partition coefficient (Wildman–Crippen LogP) is 5.02. The first-order valence-electron chi connectivity index (χ1n) is 6.59. The first-order chi connectivity index (χ1) is 9.91. The van der Waals surface area contributed by atoms with E-state index in [0.717, 1.165) is 29.8 Å². The zero-order valence-corrected chi connectivity index (χ0v) is 11.5. The highest BCUT2D eigenvalue weighted by Crippen LogP contribution is 2.32. The quantitative estimate of drug-likeness (QED) is 0.781. The van der Waals surface area contributed by atoms with Gasteiger partial charge in [0.15, 0.2) is 0 Å². The summed E-state index contributed by atoms with van der Waals surface area (Å²) >= 11 is 0. The second-order valence-electron chi connectivity index (χ2n) is 4.68. The van der Waals surface area contributed by atoms with Gasteiger partial charge in [-0.2, -0.15) is 13.2 Å². The molecule has 1 nitrogen and oxygen atoms in total. The van der Waals surface area contributed by atoms with Gasteiger partial charge in [0, 0.05) is 12.2 Å². The minimum atomic E-state index is -4.68. The number of halogens is 4. The summed E-state index contributed by atoms with van der Waals surface area (Å²) in [6.45, 7) is 2.21. The Morgan fingerprint density at radius 3 is 2.43 bits per heavy atom. The molecular formula is C16H15F4N. The molecule has 0 fully saturated rings. The van der Waals surface area contributed by atoms with Crippen LogP contribution in [-0.2, 0) is 19.1 Å². The fourth-order valence-electron chi connectivity index (χ4n) is 2.10. The molecule has 2 rings (SSSR count). The lowest BCUT2D eigenvalue weighted by Gasteiger charge is -2.13. The lowest BCUT2D eigenvalue weighted by Crippen LogP contribution is -2.10. The van der Waals surface area contributed by atoms with Crippen LogP contribution in [0, 0.1) is 5.82 Å². The van der Waals surface area contributed by atoms with Gasteiger partial charge in [-0.05, 0) is 35.7 Å². The van der Waals surface area contributed by atoms with Crippen molar-refractivity contribution in [3.05, 3.63) is 65.0 Å². The summed E-state index contributed by atoms with van der Waals surface area (Å²) in [5.41, 5.74) is 1.11. The van der Waals surface area contributed by atoms with Crippen molar-refractivity contribution in [2.45, 2.75) is 26.1 Å². The molecule has 0 aromatic heterocycles. The summed E-state index contributed by atoms with van der Waals surface area (Å²) in [6.07, 6.45) is -3.86. The Morgan fingerprint density at radius 2 is 1.76 bits per heavy atom. The molecule has 0 aliphatic heterocycles. The molecule has 0 aliphatic carbocycles. The monoisotopic (exact) mass is 297 g/mol. The normalized spacial score (nSPS) is 11.5. The highest BCUT2D eigenvalue weighted by molar-refractivity contribution is 5.51. The fraction of sp³-hybridized carbons (Fsp3) is 0.250. The summed E-state index contributed by atoms with van der Waals surface area (Å²) in [4.78, 5) is 0. The number of nitrogens with one attached hydrogen (secondary N) is 1. The summed E-state index contributed by atoms with van der Waals surface area (Å²) in [5.74, 6) is -1.25. The van der Waals surface area contributed by atoms with Crippen LogP contribution >= 0.6 is 0 Å². The molecule has 2 aromatic carbocycles. The van der Waals surface area contributed by atoms with Gasteiger partial charge in [-0.3, -0.25) is 0 Å². The number of aryl methyl sites for hydroxylation is 1. The van der Waals surface area contributed by atoms with E-state index in [4.69, 9.17) is 0 Å². The third-order valence-corrected chi connectivity index (χ3v) is 3.22. The third kappa shape index (κ3) is 3.74. The molecule has 0 saturated carbocycles. The topological polar surface area (TPSA) is 12.0 Å². The number of anilines is 1. The van der Waals surface area contributed by atoms with E-state index in [2.05, 4.69) is 5.32 Å². The van der Waals surface area contributed by atoms with Crippen LogP contribution in [-0.4, -0.2) is 0 Å². The van der Waals surface area contributed by atoms with Crippen molar-refractivity contribution in [2.24, 2.45) is 0 Å². The van der Waals surface area contributed by atoms with Crippen molar-refractivity contribution in [1.29, 1.82) is 0 Å². The van der Waals surface area contributed by atoms with E-state index in [-0.39, 0.29) is 6.54 Å². The lowest BCUT2D eigenvalue weighted by atomic mass is 10.1. The zero-order valence-electron chi connectivity index (χ0n) is 11.5. The van der Waals surface area contributed by atoms with Crippen molar-refractivity contribution < 1.29 is 17.6 Å².